The van der Waals surface area contributed by atoms with E-state index in [1.165, 1.54) is 18.4 Å². The third-order valence-electron chi connectivity index (χ3n) is 4.22. The van der Waals surface area contributed by atoms with Gasteiger partial charge in [-0.3, -0.25) is 4.99 Å². The van der Waals surface area contributed by atoms with Crippen LogP contribution < -0.4 is 10.6 Å². The minimum Gasteiger partial charge on any atom is -0.379 e. The predicted octanol–water partition coefficient (Wildman–Crippen LogP) is 2.01. The first-order valence-electron chi connectivity index (χ1n) is 8.96. The number of hydrogen-bond acceptors (Lipinski definition) is 3. The number of nitrogens with zero attached hydrogens (tertiary/aromatic N) is 3. The first-order valence-corrected chi connectivity index (χ1v) is 8.96. The van der Waals surface area contributed by atoms with Gasteiger partial charge in [-0.1, -0.05) is 12.1 Å². The van der Waals surface area contributed by atoms with Crippen molar-refractivity contribution in [3.63, 3.8) is 0 Å². The van der Waals surface area contributed by atoms with Crippen LogP contribution in [0.15, 0.2) is 47.7 Å². The molecule has 3 rings (SSSR count). The summed E-state index contributed by atoms with van der Waals surface area (Å²) in [6.07, 6.45) is 7.34. The van der Waals surface area contributed by atoms with Crippen molar-refractivity contribution in [1.29, 1.82) is 0 Å². The molecule has 1 fully saturated rings. The normalized spacial score (nSPS) is 14.5. The summed E-state index contributed by atoms with van der Waals surface area (Å²) in [4.78, 5) is 4.24. The largest absolute Gasteiger partial charge is 0.379 e. The minimum absolute atomic E-state index is 0.728. The summed E-state index contributed by atoms with van der Waals surface area (Å²) < 4.78 is 7.48. The lowest BCUT2D eigenvalue weighted by Gasteiger charge is -2.12. The van der Waals surface area contributed by atoms with E-state index in [9.17, 15) is 0 Å². The maximum atomic E-state index is 5.62. The predicted molar refractivity (Wildman–Crippen MR) is 100 cm³/mol. The Hall–Kier alpha value is -2.34. The zero-order chi connectivity index (χ0) is 17.3. The summed E-state index contributed by atoms with van der Waals surface area (Å²) in [5.41, 5.74) is 2.36. The van der Waals surface area contributed by atoms with Crippen LogP contribution in [0.25, 0.3) is 5.69 Å². The van der Waals surface area contributed by atoms with Crippen LogP contribution in [0.1, 0.15) is 18.4 Å². The number of ether oxygens (including phenoxy) is 1. The number of rotatable bonds is 9. The molecule has 6 heteroatoms. The van der Waals surface area contributed by atoms with Gasteiger partial charge in [0.1, 0.15) is 0 Å². The van der Waals surface area contributed by atoms with Crippen LogP contribution in [0.5, 0.6) is 0 Å². The molecule has 1 saturated carbocycles. The van der Waals surface area contributed by atoms with E-state index < -0.39 is 0 Å². The van der Waals surface area contributed by atoms with Gasteiger partial charge in [0.15, 0.2) is 5.96 Å². The van der Waals surface area contributed by atoms with Crippen LogP contribution >= 0.6 is 0 Å². The Labute approximate surface area is 149 Å². The summed E-state index contributed by atoms with van der Waals surface area (Å²) in [7, 11) is 1.79. The summed E-state index contributed by atoms with van der Waals surface area (Å²) >= 11 is 0. The van der Waals surface area contributed by atoms with E-state index in [1.807, 2.05) is 16.9 Å². The van der Waals surface area contributed by atoms with Gasteiger partial charge in [-0.2, -0.15) is 5.10 Å². The number of benzene rings is 1. The third-order valence-corrected chi connectivity index (χ3v) is 4.22. The van der Waals surface area contributed by atoms with Crippen LogP contribution in [0.2, 0.25) is 0 Å². The number of hydrogen-bond donors (Lipinski definition) is 2. The molecule has 1 aromatic carbocycles. The third kappa shape index (κ3) is 5.90. The second-order valence-corrected chi connectivity index (χ2v) is 6.31. The molecule has 0 bridgehead atoms. The van der Waals surface area contributed by atoms with Gasteiger partial charge in [0.25, 0.3) is 0 Å². The second-order valence-electron chi connectivity index (χ2n) is 6.31. The van der Waals surface area contributed by atoms with Gasteiger partial charge < -0.3 is 15.4 Å². The molecular formula is C19H27N5O. The zero-order valence-electron chi connectivity index (χ0n) is 14.8. The molecule has 0 unspecified atom stereocenters. The summed E-state index contributed by atoms with van der Waals surface area (Å²) in [6, 6.07) is 10.4. The first kappa shape index (κ1) is 17.5. The van der Waals surface area contributed by atoms with Gasteiger partial charge in [0.2, 0.25) is 0 Å². The number of guanidine groups is 1. The first-order chi connectivity index (χ1) is 12.3. The molecule has 2 N–H and O–H groups in total. The van der Waals surface area contributed by atoms with Crippen LogP contribution in [0.4, 0.5) is 0 Å². The lowest BCUT2D eigenvalue weighted by Crippen LogP contribution is -2.39. The SMILES string of the molecule is CN=C(NCCOCC1CC1)NCCc1ccc(-n2cccn2)cc1. The number of aromatic nitrogens is 2. The molecule has 1 heterocycles. The Balaban J connectivity index is 1.33. The van der Waals surface area contributed by atoms with Crippen molar-refractivity contribution in [2.45, 2.75) is 19.3 Å². The fourth-order valence-corrected chi connectivity index (χ4v) is 2.56. The van der Waals surface area contributed by atoms with E-state index in [0.717, 1.165) is 50.3 Å². The van der Waals surface area contributed by atoms with Crippen molar-refractivity contribution in [1.82, 2.24) is 20.4 Å². The molecule has 1 aliphatic carbocycles. The topological polar surface area (TPSA) is 63.5 Å². The maximum absolute atomic E-state index is 5.62. The summed E-state index contributed by atoms with van der Waals surface area (Å²) in [5, 5.41) is 10.9. The molecule has 0 radical (unpaired) electrons. The Morgan fingerprint density at radius 3 is 2.72 bits per heavy atom. The average molecular weight is 341 g/mol. The molecule has 6 nitrogen and oxygen atoms in total. The molecule has 0 saturated heterocycles. The molecule has 0 atom stereocenters. The Bertz CT molecular complexity index is 647. The van der Waals surface area contributed by atoms with Crippen LogP contribution in [0, 0.1) is 5.92 Å². The quantitative estimate of drug-likeness (QED) is 0.416. The number of aliphatic imine (C=N–C) groups is 1. The lowest BCUT2D eigenvalue weighted by molar-refractivity contribution is 0.129. The van der Waals surface area contributed by atoms with E-state index in [0.29, 0.717) is 0 Å². The Kier molecular flexibility index (Phi) is 6.45. The van der Waals surface area contributed by atoms with Gasteiger partial charge >= 0.3 is 0 Å². The van der Waals surface area contributed by atoms with E-state index in [1.54, 1.807) is 13.2 Å². The highest BCUT2D eigenvalue weighted by atomic mass is 16.5. The van der Waals surface area contributed by atoms with Gasteiger partial charge in [-0.25, -0.2) is 4.68 Å². The number of nitrogens with one attached hydrogen (secondary N) is 2. The molecule has 25 heavy (non-hydrogen) atoms. The molecular weight excluding hydrogens is 314 g/mol. The fraction of sp³-hybridized carbons (Fsp3) is 0.474. The molecule has 1 aliphatic rings. The monoisotopic (exact) mass is 341 g/mol. The van der Waals surface area contributed by atoms with Gasteiger partial charge in [0.05, 0.1) is 12.3 Å². The minimum atomic E-state index is 0.728. The standard InChI is InChI=1S/C19H27N5O/c1-20-19(22-12-14-25-15-17-3-4-17)21-11-9-16-5-7-18(8-6-16)24-13-2-10-23-24/h2,5-8,10,13,17H,3-4,9,11-12,14-15H2,1H3,(H2,20,21,22). The Morgan fingerprint density at radius 1 is 1.24 bits per heavy atom. The highest BCUT2D eigenvalue weighted by Crippen LogP contribution is 2.28. The highest BCUT2D eigenvalue weighted by Gasteiger charge is 2.20. The van der Waals surface area contributed by atoms with Crippen molar-refractivity contribution < 1.29 is 4.74 Å². The van der Waals surface area contributed by atoms with Crippen molar-refractivity contribution in [3.05, 3.63) is 48.3 Å². The second kappa shape index (κ2) is 9.22. The van der Waals surface area contributed by atoms with Crippen LogP contribution in [0.3, 0.4) is 0 Å². The molecule has 0 aliphatic heterocycles. The van der Waals surface area contributed by atoms with E-state index in [-0.39, 0.29) is 0 Å². The van der Waals surface area contributed by atoms with Crippen molar-refractivity contribution in [2.24, 2.45) is 10.9 Å². The lowest BCUT2D eigenvalue weighted by atomic mass is 10.1. The summed E-state index contributed by atoms with van der Waals surface area (Å²) in [6.45, 7) is 3.25. The van der Waals surface area contributed by atoms with Crippen molar-refractivity contribution in [3.8, 4) is 5.69 Å². The molecule has 0 amide bonds. The van der Waals surface area contributed by atoms with E-state index in [2.05, 4.69) is 45.0 Å². The van der Waals surface area contributed by atoms with E-state index >= 15 is 0 Å². The zero-order valence-corrected chi connectivity index (χ0v) is 14.8. The molecule has 2 aromatic rings. The summed E-state index contributed by atoms with van der Waals surface area (Å²) in [5.74, 6) is 1.64. The highest BCUT2D eigenvalue weighted by molar-refractivity contribution is 5.79. The smallest absolute Gasteiger partial charge is 0.191 e. The van der Waals surface area contributed by atoms with Crippen molar-refractivity contribution >= 4 is 5.96 Å². The maximum Gasteiger partial charge on any atom is 0.191 e. The van der Waals surface area contributed by atoms with Crippen LogP contribution in [-0.2, 0) is 11.2 Å². The van der Waals surface area contributed by atoms with Gasteiger partial charge in [-0.15, -0.1) is 0 Å². The van der Waals surface area contributed by atoms with Crippen LogP contribution in [-0.4, -0.2) is 49.1 Å². The molecule has 0 spiro atoms. The average Bonchev–Trinajstić information content (AvgIpc) is 3.31. The van der Waals surface area contributed by atoms with E-state index in [4.69, 9.17) is 4.74 Å². The van der Waals surface area contributed by atoms with Gasteiger partial charge in [-0.05, 0) is 48.9 Å². The van der Waals surface area contributed by atoms with Crippen molar-refractivity contribution in [2.75, 3.05) is 33.4 Å². The molecule has 134 valence electrons. The molecule has 1 aromatic heterocycles. The van der Waals surface area contributed by atoms with Gasteiger partial charge in [0, 0.05) is 39.1 Å². The Morgan fingerprint density at radius 2 is 2.04 bits per heavy atom. The fourth-order valence-electron chi connectivity index (χ4n) is 2.56.